The number of hydrogen-bond acceptors (Lipinski definition) is 4. The Morgan fingerprint density at radius 2 is 1.63 bits per heavy atom. The van der Waals surface area contributed by atoms with Crippen LogP contribution in [-0.2, 0) is 0 Å². The average molecular weight is 464 g/mol. The number of benzene rings is 4. The van der Waals surface area contributed by atoms with Gasteiger partial charge in [-0.1, -0.05) is 72.8 Å². The van der Waals surface area contributed by atoms with Crippen LogP contribution in [0.3, 0.4) is 0 Å². The molecule has 4 heteroatoms. The van der Waals surface area contributed by atoms with Gasteiger partial charge in [-0.15, -0.1) is 0 Å². The fourth-order valence-corrected chi connectivity index (χ4v) is 5.60. The Kier molecular flexibility index (Phi) is 5.79. The molecule has 0 radical (unpaired) electrons. The molecule has 4 aromatic carbocycles. The van der Waals surface area contributed by atoms with E-state index in [-0.39, 0.29) is 6.04 Å². The van der Waals surface area contributed by atoms with Crippen molar-refractivity contribution in [2.75, 3.05) is 25.6 Å². The van der Waals surface area contributed by atoms with Crippen LogP contribution >= 0.6 is 0 Å². The highest BCUT2D eigenvalue weighted by atomic mass is 16.5. The lowest BCUT2D eigenvalue weighted by atomic mass is 9.75. The van der Waals surface area contributed by atoms with Crippen LogP contribution in [0.5, 0.6) is 17.2 Å². The molecule has 1 aliphatic heterocycles. The molecule has 1 aliphatic carbocycles. The van der Waals surface area contributed by atoms with Crippen molar-refractivity contribution in [3.05, 3.63) is 108 Å². The summed E-state index contributed by atoms with van der Waals surface area (Å²) in [5.41, 5.74) is 3.58. The van der Waals surface area contributed by atoms with Crippen LogP contribution in [0.4, 0.5) is 5.69 Å². The summed E-state index contributed by atoms with van der Waals surface area (Å²) in [6.45, 7) is 0.958. The summed E-state index contributed by atoms with van der Waals surface area (Å²) in [5, 5.41) is 6.35. The lowest BCUT2D eigenvalue weighted by molar-refractivity contribution is 0.217. The predicted molar refractivity (Wildman–Crippen MR) is 141 cm³/mol. The molecule has 1 heterocycles. The normalized spacial score (nSPS) is 20.1. The van der Waals surface area contributed by atoms with Crippen LogP contribution in [0.15, 0.2) is 97.1 Å². The van der Waals surface area contributed by atoms with Crippen LogP contribution < -0.4 is 19.5 Å². The summed E-state index contributed by atoms with van der Waals surface area (Å²) in [6, 6.07) is 29.1. The van der Waals surface area contributed by atoms with Gasteiger partial charge in [0.15, 0.2) is 0 Å². The van der Waals surface area contributed by atoms with Gasteiger partial charge in [-0.2, -0.15) is 0 Å². The molecular formula is C31H29NO3. The maximum absolute atomic E-state index is 6.26. The summed E-state index contributed by atoms with van der Waals surface area (Å²) in [4.78, 5) is 0. The van der Waals surface area contributed by atoms with E-state index in [9.17, 15) is 0 Å². The quantitative estimate of drug-likeness (QED) is 0.234. The topological polar surface area (TPSA) is 39.7 Å². The third-order valence-electron chi connectivity index (χ3n) is 7.17. The number of nitrogens with one attached hydrogen (secondary N) is 1. The van der Waals surface area contributed by atoms with Gasteiger partial charge in [0.2, 0.25) is 0 Å². The molecule has 35 heavy (non-hydrogen) atoms. The molecule has 4 aromatic rings. The largest absolute Gasteiger partial charge is 0.496 e. The summed E-state index contributed by atoms with van der Waals surface area (Å²) < 4.78 is 18.0. The number of allylic oxidation sites excluding steroid dienone is 2. The third-order valence-corrected chi connectivity index (χ3v) is 7.17. The lowest BCUT2D eigenvalue weighted by Crippen LogP contribution is -2.30. The monoisotopic (exact) mass is 463 g/mol. The molecule has 6 rings (SSSR count). The predicted octanol–water partition coefficient (Wildman–Crippen LogP) is 7.13. The highest BCUT2D eigenvalue weighted by Gasteiger charge is 2.40. The fourth-order valence-electron chi connectivity index (χ4n) is 5.60. The number of para-hydroxylation sites is 2. The first kappa shape index (κ1) is 21.6. The van der Waals surface area contributed by atoms with E-state index >= 15 is 0 Å². The van der Waals surface area contributed by atoms with Crippen molar-refractivity contribution in [2.45, 2.75) is 18.4 Å². The van der Waals surface area contributed by atoms with Crippen molar-refractivity contribution in [3.63, 3.8) is 0 Å². The zero-order valence-corrected chi connectivity index (χ0v) is 19.8. The van der Waals surface area contributed by atoms with Gasteiger partial charge >= 0.3 is 0 Å². The van der Waals surface area contributed by atoms with E-state index in [4.69, 9.17) is 14.2 Å². The standard InChI is InChI=1S/C31H29NO3/c1-33-27-18-17-21-9-5-6-12-23(21)29(27)31-26-14-7-13-24(26)25-15-8-16-28(30(25)32-31)35-20-19-34-22-10-3-2-4-11-22/h2-13,15-18,24,26,31-32H,14,19-20H2,1H3. The van der Waals surface area contributed by atoms with Gasteiger partial charge in [-0.25, -0.2) is 0 Å². The van der Waals surface area contributed by atoms with Crippen LogP contribution in [0.1, 0.15) is 29.5 Å². The molecule has 4 nitrogen and oxygen atoms in total. The van der Waals surface area contributed by atoms with Gasteiger partial charge in [-0.3, -0.25) is 0 Å². The van der Waals surface area contributed by atoms with Crippen LogP contribution in [-0.4, -0.2) is 20.3 Å². The Hall–Kier alpha value is -3.92. The van der Waals surface area contributed by atoms with Crippen molar-refractivity contribution in [2.24, 2.45) is 5.92 Å². The van der Waals surface area contributed by atoms with Crippen molar-refractivity contribution < 1.29 is 14.2 Å². The molecular weight excluding hydrogens is 434 g/mol. The van der Waals surface area contributed by atoms with Crippen molar-refractivity contribution in [1.82, 2.24) is 0 Å². The first-order valence-corrected chi connectivity index (χ1v) is 12.3. The van der Waals surface area contributed by atoms with Crippen LogP contribution in [0.2, 0.25) is 0 Å². The van der Waals surface area contributed by atoms with Gasteiger partial charge in [0.1, 0.15) is 30.5 Å². The van der Waals surface area contributed by atoms with E-state index in [0.29, 0.717) is 25.0 Å². The highest BCUT2D eigenvalue weighted by molar-refractivity contribution is 5.89. The Labute approximate surface area is 206 Å². The lowest BCUT2D eigenvalue weighted by Gasteiger charge is -2.39. The van der Waals surface area contributed by atoms with Crippen LogP contribution in [0, 0.1) is 5.92 Å². The Morgan fingerprint density at radius 1 is 0.800 bits per heavy atom. The second-order valence-electron chi connectivity index (χ2n) is 9.11. The summed E-state index contributed by atoms with van der Waals surface area (Å²) in [7, 11) is 1.76. The summed E-state index contributed by atoms with van der Waals surface area (Å²) in [5.74, 6) is 3.39. The maximum Gasteiger partial charge on any atom is 0.142 e. The molecule has 1 N–H and O–H groups in total. The molecule has 0 saturated carbocycles. The van der Waals surface area contributed by atoms with Gasteiger partial charge in [-0.05, 0) is 52.9 Å². The van der Waals surface area contributed by atoms with Crippen molar-refractivity contribution in [3.8, 4) is 17.2 Å². The van der Waals surface area contributed by atoms with E-state index in [2.05, 4.69) is 66.0 Å². The van der Waals surface area contributed by atoms with Gasteiger partial charge < -0.3 is 19.5 Å². The molecule has 0 aromatic heterocycles. The number of rotatable bonds is 7. The number of ether oxygens (including phenoxy) is 3. The molecule has 3 unspecified atom stereocenters. The Balaban J connectivity index is 1.33. The first-order valence-electron chi connectivity index (χ1n) is 12.3. The second-order valence-corrected chi connectivity index (χ2v) is 9.11. The Morgan fingerprint density at radius 3 is 2.51 bits per heavy atom. The van der Waals surface area contributed by atoms with E-state index in [1.165, 1.54) is 21.9 Å². The minimum atomic E-state index is 0.105. The minimum absolute atomic E-state index is 0.105. The molecule has 0 amide bonds. The SMILES string of the molecule is COc1ccc2ccccc2c1C1Nc2c(OCCOc3ccccc3)cccc2C2C=CCC21. The van der Waals surface area contributed by atoms with E-state index < -0.39 is 0 Å². The fraction of sp³-hybridized carbons (Fsp3) is 0.226. The third kappa shape index (κ3) is 3.99. The molecule has 0 bridgehead atoms. The Bertz CT molecular complexity index is 1360. The molecule has 3 atom stereocenters. The van der Waals surface area contributed by atoms with Gasteiger partial charge in [0.05, 0.1) is 18.8 Å². The van der Waals surface area contributed by atoms with E-state index in [1.807, 2.05) is 36.4 Å². The second kappa shape index (κ2) is 9.38. The van der Waals surface area contributed by atoms with E-state index in [0.717, 1.165) is 29.4 Å². The molecule has 176 valence electrons. The smallest absolute Gasteiger partial charge is 0.142 e. The highest BCUT2D eigenvalue weighted by Crippen LogP contribution is 2.54. The average Bonchev–Trinajstić information content (AvgIpc) is 3.41. The minimum Gasteiger partial charge on any atom is -0.496 e. The molecule has 0 fully saturated rings. The van der Waals surface area contributed by atoms with Gasteiger partial charge in [0.25, 0.3) is 0 Å². The number of methoxy groups -OCH3 is 1. The first-order chi connectivity index (χ1) is 17.3. The van der Waals surface area contributed by atoms with Crippen LogP contribution in [0.25, 0.3) is 10.8 Å². The number of fused-ring (bicyclic) bond motifs is 4. The van der Waals surface area contributed by atoms with Gasteiger partial charge in [0, 0.05) is 11.5 Å². The molecule has 0 spiro atoms. The summed E-state index contributed by atoms with van der Waals surface area (Å²) in [6.07, 6.45) is 5.71. The zero-order valence-electron chi connectivity index (χ0n) is 19.8. The summed E-state index contributed by atoms with van der Waals surface area (Å²) >= 11 is 0. The molecule has 2 aliphatic rings. The zero-order chi connectivity index (χ0) is 23.6. The van der Waals surface area contributed by atoms with Crippen molar-refractivity contribution >= 4 is 16.5 Å². The van der Waals surface area contributed by atoms with E-state index in [1.54, 1.807) is 7.11 Å². The number of hydrogen-bond donors (Lipinski definition) is 1. The van der Waals surface area contributed by atoms with Crippen molar-refractivity contribution in [1.29, 1.82) is 0 Å². The maximum atomic E-state index is 6.26. The molecule has 0 saturated heterocycles. The number of anilines is 1.